The normalized spacial score (nSPS) is 13.1. The molecule has 0 spiro atoms. The first-order valence-electron chi connectivity index (χ1n) is 8.74. The lowest BCUT2D eigenvalue weighted by molar-refractivity contribution is -0.191. The summed E-state index contributed by atoms with van der Waals surface area (Å²) in [5, 5.41) is 3.77. The smallest absolute Gasteiger partial charge is 0.425 e. The van der Waals surface area contributed by atoms with Gasteiger partial charge in [-0.25, -0.2) is 4.98 Å². The molecule has 4 aromatic rings. The standard InChI is InChI=1S/C19H12F6N4O2.ClH/c1-9(18(20,21)22)30-15-5-3-11(6-12(15)19(23,24)25)17-28-16(29-31-17)10-2-4-13-14(7-10)27-8-26-13;/h2-9H,1H3,(H,26,27);1H/t9-;/m0./s1. The molecule has 0 aliphatic rings. The second kappa shape index (κ2) is 8.34. The number of benzene rings is 2. The molecule has 1 N–H and O–H groups in total. The number of hydrogen-bond acceptors (Lipinski definition) is 5. The maximum Gasteiger partial charge on any atom is 0.425 e. The Morgan fingerprint density at radius 2 is 1.72 bits per heavy atom. The molecule has 0 aliphatic carbocycles. The van der Waals surface area contributed by atoms with Crippen LogP contribution < -0.4 is 4.74 Å². The molecule has 2 aromatic carbocycles. The zero-order valence-electron chi connectivity index (χ0n) is 16.0. The molecule has 2 heterocycles. The Kier molecular flexibility index (Phi) is 6.09. The van der Waals surface area contributed by atoms with Crippen molar-refractivity contribution in [3.8, 4) is 28.6 Å². The summed E-state index contributed by atoms with van der Waals surface area (Å²) >= 11 is 0. The van der Waals surface area contributed by atoms with E-state index in [2.05, 4.69) is 24.8 Å². The quantitative estimate of drug-likeness (QED) is 0.361. The van der Waals surface area contributed by atoms with Gasteiger partial charge in [-0.2, -0.15) is 31.3 Å². The van der Waals surface area contributed by atoms with E-state index in [1.165, 1.54) is 6.33 Å². The molecule has 170 valence electrons. The summed E-state index contributed by atoms with van der Waals surface area (Å²) in [6.45, 7) is 0.620. The number of aromatic nitrogens is 4. The zero-order chi connectivity index (χ0) is 22.4. The van der Waals surface area contributed by atoms with Crippen LogP contribution in [0.25, 0.3) is 33.9 Å². The molecule has 13 heteroatoms. The third-order valence-electron chi connectivity index (χ3n) is 4.40. The Morgan fingerprint density at radius 1 is 1.00 bits per heavy atom. The van der Waals surface area contributed by atoms with Crippen LogP contribution in [0.5, 0.6) is 5.75 Å². The molecule has 0 fully saturated rings. The first kappa shape index (κ1) is 23.4. The lowest BCUT2D eigenvalue weighted by Crippen LogP contribution is -2.31. The van der Waals surface area contributed by atoms with E-state index in [4.69, 9.17) is 4.52 Å². The average Bonchev–Trinajstić information content (AvgIpc) is 3.35. The van der Waals surface area contributed by atoms with E-state index >= 15 is 0 Å². The molecule has 0 saturated heterocycles. The van der Waals surface area contributed by atoms with Crippen LogP contribution in [0.3, 0.4) is 0 Å². The number of nitrogens with one attached hydrogen (secondary N) is 1. The van der Waals surface area contributed by atoms with Crippen LogP contribution in [0.15, 0.2) is 47.2 Å². The van der Waals surface area contributed by atoms with E-state index in [-0.39, 0.29) is 29.7 Å². The van der Waals surface area contributed by atoms with Gasteiger partial charge in [0.25, 0.3) is 5.89 Å². The maximum atomic E-state index is 13.4. The molecule has 1 atom stereocenters. The zero-order valence-corrected chi connectivity index (χ0v) is 16.8. The second-order valence-corrected chi connectivity index (χ2v) is 6.57. The van der Waals surface area contributed by atoms with Gasteiger partial charge in [-0.3, -0.25) is 0 Å². The molecule has 0 radical (unpaired) electrons. The highest BCUT2D eigenvalue weighted by Gasteiger charge is 2.41. The Bertz CT molecular complexity index is 1230. The number of aromatic amines is 1. The minimum absolute atomic E-state index is 0. The second-order valence-electron chi connectivity index (χ2n) is 6.57. The van der Waals surface area contributed by atoms with Crippen LogP contribution in [-0.2, 0) is 6.18 Å². The number of rotatable bonds is 4. The maximum absolute atomic E-state index is 13.4. The Balaban J connectivity index is 0.00000289. The highest BCUT2D eigenvalue weighted by atomic mass is 35.5. The summed E-state index contributed by atoms with van der Waals surface area (Å²) in [6.07, 6.45) is -10.7. The van der Waals surface area contributed by atoms with E-state index in [1.807, 2.05) is 0 Å². The average molecular weight is 479 g/mol. The molecule has 32 heavy (non-hydrogen) atoms. The summed E-state index contributed by atoms with van der Waals surface area (Å²) in [5.74, 6) is -1.07. The van der Waals surface area contributed by atoms with Crippen molar-refractivity contribution in [2.45, 2.75) is 25.4 Å². The number of ether oxygens (including phenoxy) is 1. The number of imidazole rings is 1. The highest BCUT2D eigenvalue weighted by molar-refractivity contribution is 5.85. The van der Waals surface area contributed by atoms with Crippen molar-refractivity contribution in [2.24, 2.45) is 0 Å². The van der Waals surface area contributed by atoms with Crippen molar-refractivity contribution in [3.05, 3.63) is 48.3 Å². The molecule has 0 amide bonds. The number of fused-ring (bicyclic) bond motifs is 1. The van der Waals surface area contributed by atoms with E-state index in [1.54, 1.807) is 18.2 Å². The van der Waals surface area contributed by atoms with Crippen LogP contribution in [0.1, 0.15) is 12.5 Å². The van der Waals surface area contributed by atoms with Crippen molar-refractivity contribution in [3.63, 3.8) is 0 Å². The molecular formula is C19H13ClF6N4O2. The molecule has 0 bridgehead atoms. The first-order valence-corrected chi connectivity index (χ1v) is 8.74. The van der Waals surface area contributed by atoms with Crippen molar-refractivity contribution in [2.75, 3.05) is 0 Å². The number of H-pyrrole nitrogens is 1. The van der Waals surface area contributed by atoms with E-state index < -0.39 is 29.8 Å². The lowest BCUT2D eigenvalue weighted by Gasteiger charge is -2.20. The van der Waals surface area contributed by atoms with Crippen LogP contribution in [0.4, 0.5) is 26.3 Å². The topological polar surface area (TPSA) is 76.8 Å². The largest absolute Gasteiger partial charge is 0.481 e. The van der Waals surface area contributed by atoms with Crippen LogP contribution in [-0.4, -0.2) is 32.4 Å². The molecule has 6 nitrogen and oxygen atoms in total. The van der Waals surface area contributed by atoms with Gasteiger partial charge < -0.3 is 14.2 Å². The van der Waals surface area contributed by atoms with E-state index in [0.717, 1.165) is 12.1 Å². The van der Waals surface area contributed by atoms with Gasteiger partial charge in [0.05, 0.1) is 22.9 Å². The predicted molar refractivity (Wildman–Crippen MR) is 103 cm³/mol. The summed E-state index contributed by atoms with van der Waals surface area (Å²) in [7, 11) is 0. The SMILES string of the molecule is C[C@H](Oc1ccc(-c2nc(-c3ccc4nc[nH]c4c3)no2)cc1C(F)(F)F)C(F)(F)F.Cl. The molecule has 0 saturated carbocycles. The predicted octanol–water partition coefficient (Wildman–Crippen LogP) is 6.05. The van der Waals surface area contributed by atoms with Crippen molar-refractivity contribution >= 4 is 23.4 Å². The lowest BCUT2D eigenvalue weighted by atomic mass is 10.1. The number of halogens is 7. The third-order valence-corrected chi connectivity index (χ3v) is 4.40. The van der Waals surface area contributed by atoms with Gasteiger partial charge in [0, 0.05) is 11.1 Å². The molecule has 0 aliphatic heterocycles. The summed E-state index contributed by atoms with van der Waals surface area (Å²) in [6, 6.07) is 7.56. The van der Waals surface area contributed by atoms with Gasteiger partial charge in [-0.15, -0.1) is 12.4 Å². The minimum atomic E-state index is -4.97. The molecule has 4 rings (SSSR count). The summed E-state index contributed by atoms with van der Waals surface area (Å²) < 4.78 is 88.0. The number of hydrogen-bond donors (Lipinski definition) is 1. The van der Waals surface area contributed by atoms with Gasteiger partial charge in [0.1, 0.15) is 5.75 Å². The Labute approximate surface area is 182 Å². The third kappa shape index (κ3) is 4.64. The molecule has 2 aromatic heterocycles. The fourth-order valence-corrected chi connectivity index (χ4v) is 2.78. The number of alkyl halides is 6. The van der Waals surface area contributed by atoms with Gasteiger partial charge in [-0.05, 0) is 43.3 Å². The van der Waals surface area contributed by atoms with E-state index in [0.29, 0.717) is 29.6 Å². The van der Waals surface area contributed by atoms with Crippen LogP contribution >= 0.6 is 12.4 Å². The van der Waals surface area contributed by atoms with Gasteiger partial charge in [0.2, 0.25) is 5.82 Å². The Morgan fingerprint density at radius 3 is 2.41 bits per heavy atom. The van der Waals surface area contributed by atoms with Crippen LogP contribution in [0.2, 0.25) is 0 Å². The number of nitrogens with zero attached hydrogens (tertiary/aromatic N) is 3. The highest BCUT2D eigenvalue weighted by Crippen LogP contribution is 2.40. The van der Waals surface area contributed by atoms with Crippen molar-refractivity contribution in [1.82, 2.24) is 20.1 Å². The van der Waals surface area contributed by atoms with Gasteiger partial charge in [0.15, 0.2) is 6.10 Å². The van der Waals surface area contributed by atoms with Gasteiger partial charge >= 0.3 is 12.4 Å². The first-order chi connectivity index (χ1) is 14.5. The fourth-order valence-electron chi connectivity index (χ4n) is 2.78. The molecular weight excluding hydrogens is 466 g/mol. The van der Waals surface area contributed by atoms with Crippen molar-refractivity contribution in [1.29, 1.82) is 0 Å². The molecule has 0 unspecified atom stereocenters. The summed E-state index contributed by atoms with van der Waals surface area (Å²) in [5.41, 5.74) is 0.414. The summed E-state index contributed by atoms with van der Waals surface area (Å²) in [4.78, 5) is 11.1. The Hall–Kier alpha value is -3.28. The van der Waals surface area contributed by atoms with Gasteiger partial charge in [-0.1, -0.05) is 5.16 Å². The van der Waals surface area contributed by atoms with Crippen molar-refractivity contribution < 1.29 is 35.6 Å². The fraction of sp³-hybridized carbons (Fsp3) is 0.211. The van der Waals surface area contributed by atoms with E-state index in [9.17, 15) is 26.3 Å². The minimum Gasteiger partial charge on any atom is -0.481 e. The van der Waals surface area contributed by atoms with Crippen LogP contribution in [0, 0.1) is 0 Å². The monoisotopic (exact) mass is 478 g/mol.